The molecule has 6 nitrogen and oxygen atoms in total. The number of anilines is 1. The topological polar surface area (TPSA) is 84.5 Å². The van der Waals surface area contributed by atoms with E-state index in [9.17, 15) is 9.59 Å². The highest BCUT2D eigenvalue weighted by atomic mass is 79.9. The normalized spacial score (nSPS) is 10.4. The second kappa shape index (κ2) is 7.85. The molecule has 128 valence electrons. The zero-order valence-corrected chi connectivity index (χ0v) is 14.7. The molecule has 0 atom stereocenters. The summed E-state index contributed by atoms with van der Waals surface area (Å²) in [5, 5.41) is 5.51. The van der Waals surface area contributed by atoms with Gasteiger partial charge in [-0.1, -0.05) is 12.1 Å². The van der Waals surface area contributed by atoms with E-state index in [1.54, 1.807) is 54.8 Å². The molecule has 0 fully saturated rings. The van der Waals surface area contributed by atoms with Crippen molar-refractivity contribution in [3.63, 3.8) is 0 Å². The quantitative estimate of drug-likeness (QED) is 0.657. The van der Waals surface area contributed by atoms with Gasteiger partial charge in [0, 0.05) is 5.69 Å². The molecule has 25 heavy (non-hydrogen) atoms. The number of nitrogens with one attached hydrogen (secondary N) is 2. The Bertz CT molecular complexity index is 854. The van der Waals surface area contributed by atoms with Crippen LogP contribution in [0.5, 0.6) is 0 Å². The maximum absolute atomic E-state index is 12.0. The van der Waals surface area contributed by atoms with Crippen LogP contribution in [0, 0.1) is 0 Å². The summed E-state index contributed by atoms with van der Waals surface area (Å²) in [5.74, 6) is 0.479. The second-order valence-corrected chi connectivity index (χ2v) is 6.07. The molecule has 0 saturated heterocycles. The van der Waals surface area contributed by atoms with E-state index in [1.165, 1.54) is 0 Å². The van der Waals surface area contributed by atoms with Gasteiger partial charge in [0.15, 0.2) is 10.4 Å². The first kappa shape index (κ1) is 17.0. The van der Waals surface area contributed by atoms with Crippen LogP contribution in [0.25, 0.3) is 0 Å². The highest BCUT2D eigenvalue weighted by Crippen LogP contribution is 2.16. The van der Waals surface area contributed by atoms with Gasteiger partial charge in [0.2, 0.25) is 5.91 Å². The van der Waals surface area contributed by atoms with Crippen LogP contribution >= 0.6 is 15.9 Å². The molecule has 2 aromatic heterocycles. The van der Waals surface area contributed by atoms with Gasteiger partial charge in [-0.15, -0.1) is 0 Å². The van der Waals surface area contributed by atoms with Gasteiger partial charge in [-0.05, 0) is 57.9 Å². The van der Waals surface area contributed by atoms with Crippen molar-refractivity contribution < 1.29 is 18.4 Å². The molecule has 0 bridgehead atoms. The minimum Gasteiger partial charge on any atom is -0.467 e. The van der Waals surface area contributed by atoms with Crippen molar-refractivity contribution in [3.8, 4) is 0 Å². The summed E-state index contributed by atoms with van der Waals surface area (Å²) in [4.78, 5) is 23.9. The fourth-order valence-corrected chi connectivity index (χ4v) is 2.49. The summed E-state index contributed by atoms with van der Waals surface area (Å²) in [6.07, 6.45) is 1.82. The maximum atomic E-state index is 12.0. The second-order valence-electron chi connectivity index (χ2n) is 5.29. The van der Waals surface area contributed by atoms with E-state index in [0.29, 0.717) is 22.7 Å². The van der Waals surface area contributed by atoms with Crippen molar-refractivity contribution in [1.29, 1.82) is 0 Å². The van der Waals surface area contributed by atoms with Crippen LogP contribution in [0.3, 0.4) is 0 Å². The molecule has 3 rings (SSSR count). The molecule has 0 spiro atoms. The van der Waals surface area contributed by atoms with E-state index in [0.717, 1.165) is 5.56 Å². The van der Waals surface area contributed by atoms with Gasteiger partial charge in [-0.3, -0.25) is 9.59 Å². The first-order valence-corrected chi connectivity index (χ1v) is 8.34. The third-order valence-corrected chi connectivity index (χ3v) is 3.84. The average Bonchev–Trinajstić information content (AvgIpc) is 3.26. The number of benzene rings is 1. The van der Waals surface area contributed by atoms with Crippen LogP contribution in [0.4, 0.5) is 5.69 Å². The van der Waals surface area contributed by atoms with Crippen molar-refractivity contribution in [2.24, 2.45) is 0 Å². The Hall–Kier alpha value is -2.80. The van der Waals surface area contributed by atoms with Gasteiger partial charge < -0.3 is 19.5 Å². The highest BCUT2D eigenvalue weighted by molar-refractivity contribution is 9.10. The molecule has 2 amide bonds. The van der Waals surface area contributed by atoms with E-state index < -0.39 is 0 Å². The molecule has 2 N–H and O–H groups in total. The lowest BCUT2D eigenvalue weighted by molar-refractivity contribution is -0.120. The lowest BCUT2D eigenvalue weighted by atomic mass is 10.1. The molecule has 0 radical (unpaired) electrons. The molecule has 7 heteroatoms. The Balaban J connectivity index is 1.51. The number of halogens is 1. The number of hydrogen-bond acceptors (Lipinski definition) is 4. The van der Waals surface area contributed by atoms with Crippen molar-refractivity contribution in [3.05, 3.63) is 76.5 Å². The van der Waals surface area contributed by atoms with Crippen LogP contribution in [0.1, 0.15) is 21.9 Å². The van der Waals surface area contributed by atoms with E-state index in [1.807, 2.05) is 0 Å². The number of carbonyl (C=O) groups excluding carboxylic acids is 2. The van der Waals surface area contributed by atoms with Crippen LogP contribution in [-0.4, -0.2) is 11.8 Å². The summed E-state index contributed by atoms with van der Waals surface area (Å²) in [7, 11) is 0. The molecule has 0 unspecified atom stereocenters. The molecule has 3 aromatic rings. The van der Waals surface area contributed by atoms with Crippen LogP contribution in [-0.2, 0) is 17.8 Å². The minimum absolute atomic E-state index is 0.103. The third-order valence-electron chi connectivity index (χ3n) is 3.41. The van der Waals surface area contributed by atoms with Gasteiger partial charge in [0.1, 0.15) is 5.76 Å². The Morgan fingerprint density at radius 3 is 2.48 bits per heavy atom. The van der Waals surface area contributed by atoms with Crippen LogP contribution < -0.4 is 10.6 Å². The lowest BCUT2D eigenvalue weighted by Gasteiger charge is -2.06. The molecule has 1 aromatic carbocycles. The van der Waals surface area contributed by atoms with Crippen LogP contribution in [0.15, 0.2) is 68.3 Å². The summed E-state index contributed by atoms with van der Waals surface area (Å²) in [6.45, 7) is 0.360. The first-order chi connectivity index (χ1) is 12.1. The van der Waals surface area contributed by atoms with Gasteiger partial charge in [-0.25, -0.2) is 0 Å². The molecule has 0 aliphatic rings. The molecule has 2 heterocycles. The van der Waals surface area contributed by atoms with Crippen LogP contribution in [0.2, 0.25) is 0 Å². The fraction of sp³-hybridized carbons (Fsp3) is 0.111. The third kappa shape index (κ3) is 4.84. The SMILES string of the molecule is O=C(Cc1ccc(NC(=O)c2ccc(Br)o2)cc1)NCc1ccco1. The van der Waals surface area contributed by atoms with Crippen molar-refractivity contribution >= 4 is 33.4 Å². The van der Waals surface area contributed by atoms with E-state index >= 15 is 0 Å². The predicted molar refractivity (Wildman–Crippen MR) is 95.1 cm³/mol. The zero-order valence-electron chi connectivity index (χ0n) is 13.1. The minimum atomic E-state index is -0.338. The molecule has 0 aliphatic heterocycles. The highest BCUT2D eigenvalue weighted by Gasteiger charge is 2.11. The molecule has 0 saturated carbocycles. The largest absolute Gasteiger partial charge is 0.467 e. The maximum Gasteiger partial charge on any atom is 0.291 e. The van der Waals surface area contributed by atoms with Gasteiger partial charge in [0.25, 0.3) is 5.91 Å². The number of amides is 2. The Morgan fingerprint density at radius 2 is 1.84 bits per heavy atom. The zero-order chi connectivity index (χ0) is 17.6. The monoisotopic (exact) mass is 402 g/mol. The smallest absolute Gasteiger partial charge is 0.291 e. The number of carbonyl (C=O) groups is 2. The van der Waals surface area contributed by atoms with Gasteiger partial charge in [-0.2, -0.15) is 0 Å². The van der Waals surface area contributed by atoms with Crippen molar-refractivity contribution in [1.82, 2.24) is 5.32 Å². The van der Waals surface area contributed by atoms with Gasteiger partial charge >= 0.3 is 0 Å². The van der Waals surface area contributed by atoms with Gasteiger partial charge in [0.05, 0.1) is 19.2 Å². The summed E-state index contributed by atoms with van der Waals surface area (Å²) < 4.78 is 10.8. The Kier molecular flexibility index (Phi) is 5.35. The van der Waals surface area contributed by atoms with Crippen molar-refractivity contribution in [2.75, 3.05) is 5.32 Å². The summed E-state index contributed by atoms with van der Waals surface area (Å²) >= 11 is 3.15. The van der Waals surface area contributed by atoms with E-state index in [2.05, 4.69) is 26.6 Å². The van der Waals surface area contributed by atoms with E-state index in [4.69, 9.17) is 8.83 Å². The average molecular weight is 403 g/mol. The Labute approximate surface area is 152 Å². The number of furan rings is 2. The Morgan fingerprint density at radius 1 is 1.04 bits per heavy atom. The van der Waals surface area contributed by atoms with E-state index in [-0.39, 0.29) is 24.0 Å². The predicted octanol–water partition coefficient (Wildman–Crippen LogP) is 3.75. The first-order valence-electron chi connectivity index (χ1n) is 7.55. The molecular formula is C18H15BrN2O4. The fourth-order valence-electron chi connectivity index (χ4n) is 2.18. The molecular weight excluding hydrogens is 388 g/mol. The summed E-state index contributed by atoms with van der Waals surface area (Å²) in [5.41, 5.74) is 1.47. The lowest BCUT2D eigenvalue weighted by Crippen LogP contribution is -2.24. The number of rotatable bonds is 6. The van der Waals surface area contributed by atoms with Crippen molar-refractivity contribution in [2.45, 2.75) is 13.0 Å². The summed E-state index contributed by atoms with van der Waals surface area (Å²) in [6, 6.07) is 13.9. The molecule has 0 aliphatic carbocycles. The number of hydrogen-bond donors (Lipinski definition) is 2. The standard InChI is InChI=1S/C18H15BrN2O4/c19-16-8-7-15(25-16)18(23)21-13-5-3-12(4-6-13)10-17(22)20-11-14-2-1-9-24-14/h1-9H,10-11H2,(H,20,22)(H,21,23).